The van der Waals surface area contributed by atoms with Crippen LogP contribution in [0.15, 0.2) is 0 Å². The number of hydrogen-bond donors (Lipinski definition) is 0. The topological polar surface area (TPSA) is 26.3 Å². The van der Waals surface area contributed by atoms with Crippen LogP contribution in [0.25, 0.3) is 0 Å². The van der Waals surface area contributed by atoms with E-state index < -0.39 is 8.03 Å². The highest BCUT2D eigenvalue weighted by Gasteiger charge is 2.01. The highest BCUT2D eigenvalue weighted by atomic mass is 31.1. The lowest BCUT2D eigenvalue weighted by Crippen LogP contribution is -1.93. The summed E-state index contributed by atoms with van der Waals surface area (Å²) < 4.78 is 16.0. The molecule has 1 atom stereocenters. The molecule has 0 bridgehead atoms. The van der Waals surface area contributed by atoms with Crippen LogP contribution in [0.4, 0.5) is 0 Å². The molecule has 2 nitrogen and oxygen atoms in total. The van der Waals surface area contributed by atoms with E-state index in [2.05, 4.69) is 13.8 Å². The molecule has 0 saturated heterocycles. The maximum atomic E-state index is 11.0. The monoisotopic (exact) mass is 164 g/mol. The van der Waals surface area contributed by atoms with Crippen LogP contribution in [0.1, 0.15) is 27.2 Å². The first-order chi connectivity index (χ1) is 4.66. The SMILES string of the molecule is CCCO[PH](=O)CC(C)C. The van der Waals surface area contributed by atoms with Crippen LogP contribution in [-0.4, -0.2) is 12.8 Å². The fourth-order valence-corrected chi connectivity index (χ4v) is 1.82. The molecule has 0 rings (SSSR count). The minimum Gasteiger partial charge on any atom is -0.330 e. The van der Waals surface area contributed by atoms with Gasteiger partial charge in [0.1, 0.15) is 0 Å². The van der Waals surface area contributed by atoms with Crippen LogP contribution in [0, 0.1) is 5.92 Å². The first-order valence-electron chi connectivity index (χ1n) is 3.82. The van der Waals surface area contributed by atoms with Gasteiger partial charge in [-0.2, -0.15) is 0 Å². The lowest BCUT2D eigenvalue weighted by Gasteiger charge is -2.04. The molecular formula is C7H17O2P. The van der Waals surface area contributed by atoms with E-state index in [0.29, 0.717) is 12.5 Å². The smallest absolute Gasteiger partial charge is 0.191 e. The average Bonchev–Trinajstić information content (AvgIpc) is 1.82. The van der Waals surface area contributed by atoms with E-state index in [1.807, 2.05) is 6.92 Å². The van der Waals surface area contributed by atoms with E-state index in [1.165, 1.54) is 0 Å². The maximum Gasteiger partial charge on any atom is 0.191 e. The molecule has 0 spiro atoms. The molecule has 3 heteroatoms. The summed E-state index contributed by atoms with van der Waals surface area (Å²) in [5.41, 5.74) is 0. The van der Waals surface area contributed by atoms with Gasteiger partial charge in [-0.1, -0.05) is 20.8 Å². The zero-order valence-electron chi connectivity index (χ0n) is 7.02. The van der Waals surface area contributed by atoms with Crippen molar-refractivity contribution in [1.29, 1.82) is 0 Å². The molecule has 0 saturated carbocycles. The molecule has 0 aliphatic carbocycles. The number of hydrogen-bond acceptors (Lipinski definition) is 2. The summed E-state index contributed by atoms with van der Waals surface area (Å²) in [6, 6.07) is 0. The lowest BCUT2D eigenvalue weighted by atomic mass is 10.3. The second kappa shape index (κ2) is 5.94. The van der Waals surface area contributed by atoms with Crippen molar-refractivity contribution in [3.63, 3.8) is 0 Å². The van der Waals surface area contributed by atoms with Gasteiger partial charge in [0, 0.05) is 6.16 Å². The van der Waals surface area contributed by atoms with Gasteiger partial charge in [0.15, 0.2) is 8.03 Å². The van der Waals surface area contributed by atoms with Crippen molar-refractivity contribution < 1.29 is 9.09 Å². The predicted octanol–water partition coefficient (Wildman–Crippen LogP) is 2.54. The van der Waals surface area contributed by atoms with Gasteiger partial charge in [-0.3, -0.25) is 4.57 Å². The molecule has 62 valence electrons. The van der Waals surface area contributed by atoms with Crippen molar-refractivity contribution in [2.75, 3.05) is 12.8 Å². The fourth-order valence-electron chi connectivity index (χ4n) is 0.608. The molecule has 0 heterocycles. The predicted molar refractivity (Wildman–Crippen MR) is 44.9 cm³/mol. The third-order valence-electron chi connectivity index (χ3n) is 1.04. The molecule has 0 amide bonds. The molecule has 0 aliphatic heterocycles. The molecule has 0 aliphatic rings. The van der Waals surface area contributed by atoms with Crippen molar-refractivity contribution in [2.24, 2.45) is 5.92 Å². The molecule has 10 heavy (non-hydrogen) atoms. The summed E-state index contributed by atoms with van der Waals surface area (Å²) in [4.78, 5) is 0. The van der Waals surface area contributed by atoms with Crippen molar-refractivity contribution in [2.45, 2.75) is 27.2 Å². The minimum atomic E-state index is -1.70. The zero-order valence-corrected chi connectivity index (χ0v) is 8.02. The lowest BCUT2D eigenvalue weighted by molar-refractivity contribution is 0.326. The Morgan fingerprint density at radius 3 is 2.50 bits per heavy atom. The molecule has 0 radical (unpaired) electrons. The Kier molecular flexibility index (Phi) is 6.05. The normalized spacial score (nSPS) is 14.0. The van der Waals surface area contributed by atoms with Gasteiger partial charge >= 0.3 is 0 Å². The van der Waals surface area contributed by atoms with Gasteiger partial charge in [0.2, 0.25) is 0 Å². The van der Waals surface area contributed by atoms with Crippen LogP contribution >= 0.6 is 8.03 Å². The van der Waals surface area contributed by atoms with E-state index in [1.54, 1.807) is 0 Å². The Balaban J connectivity index is 3.26. The van der Waals surface area contributed by atoms with Crippen LogP contribution in [0.5, 0.6) is 0 Å². The molecule has 0 aromatic rings. The molecule has 0 fully saturated rings. The van der Waals surface area contributed by atoms with Crippen LogP contribution < -0.4 is 0 Å². The Labute approximate surface area is 63.8 Å². The van der Waals surface area contributed by atoms with Crippen LogP contribution in [-0.2, 0) is 9.09 Å². The second-order valence-corrected chi connectivity index (χ2v) is 4.26. The molecule has 0 aromatic heterocycles. The Morgan fingerprint density at radius 2 is 2.10 bits per heavy atom. The second-order valence-electron chi connectivity index (χ2n) is 2.82. The molecule has 0 N–H and O–H groups in total. The summed E-state index contributed by atoms with van der Waals surface area (Å²) in [6.07, 6.45) is 1.68. The Bertz CT molecular complexity index is 102. The van der Waals surface area contributed by atoms with Crippen molar-refractivity contribution >= 4 is 8.03 Å². The molecular weight excluding hydrogens is 147 g/mol. The largest absolute Gasteiger partial charge is 0.330 e. The van der Waals surface area contributed by atoms with E-state index >= 15 is 0 Å². The highest BCUT2D eigenvalue weighted by molar-refractivity contribution is 7.39. The van der Waals surface area contributed by atoms with Crippen LogP contribution in [0.2, 0.25) is 0 Å². The zero-order chi connectivity index (χ0) is 7.98. The Morgan fingerprint density at radius 1 is 1.50 bits per heavy atom. The van der Waals surface area contributed by atoms with Crippen molar-refractivity contribution in [3.05, 3.63) is 0 Å². The number of rotatable bonds is 5. The van der Waals surface area contributed by atoms with E-state index in [9.17, 15) is 4.57 Å². The fraction of sp³-hybridized carbons (Fsp3) is 1.00. The van der Waals surface area contributed by atoms with Gasteiger partial charge < -0.3 is 4.52 Å². The van der Waals surface area contributed by atoms with Gasteiger partial charge in [0.25, 0.3) is 0 Å². The third-order valence-corrected chi connectivity index (χ3v) is 2.72. The summed E-state index contributed by atoms with van der Waals surface area (Å²) in [7, 11) is -1.70. The molecule has 1 unspecified atom stereocenters. The van der Waals surface area contributed by atoms with Gasteiger partial charge in [-0.05, 0) is 12.3 Å². The van der Waals surface area contributed by atoms with Gasteiger partial charge in [0.05, 0.1) is 6.61 Å². The summed E-state index contributed by atoms with van der Waals surface area (Å²) >= 11 is 0. The third kappa shape index (κ3) is 6.31. The van der Waals surface area contributed by atoms with Gasteiger partial charge in [-0.25, -0.2) is 0 Å². The van der Waals surface area contributed by atoms with Crippen LogP contribution in [0.3, 0.4) is 0 Å². The quantitative estimate of drug-likeness (QED) is 0.583. The van der Waals surface area contributed by atoms with Crippen molar-refractivity contribution in [3.8, 4) is 0 Å². The van der Waals surface area contributed by atoms with E-state index in [-0.39, 0.29) is 0 Å². The van der Waals surface area contributed by atoms with Gasteiger partial charge in [-0.15, -0.1) is 0 Å². The Hall–Kier alpha value is 0.190. The maximum absolute atomic E-state index is 11.0. The van der Waals surface area contributed by atoms with E-state index in [4.69, 9.17) is 4.52 Å². The minimum absolute atomic E-state index is 0.489. The average molecular weight is 164 g/mol. The first-order valence-corrected chi connectivity index (χ1v) is 5.34. The van der Waals surface area contributed by atoms with Crippen molar-refractivity contribution in [1.82, 2.24) is 0 Å². The first kappa shape index (κ1) is 10.2. The highest BCUT2D eigenvalue weighted by Crippen LogP contribution is 2.24. The summed E-state index contributed by atoms with van der Waals surface area (Å²) in [6.45, 7) is 6.77. The standard InChI is InChI=1S/C7H17O2P/c1-4-5-9-10(8)6-7(2)3/h7,10H,4-6H2,1-3H3. The molecule has 0 aromatic carbocycles. The van der Waals surface area contributed by atoms with E-state index in [0.717, 1.165) is 12.6 Å². The summed E-state index contributed by atoms with van der Waals surface area (Å²) in [5, 5.41) is 0. The summed E-state index contributed by atoms with van der Waals surface area (Å²) in [5.74, 6) is 0.489.